The number of halogens is 2. The monoisotopic (exact) mass is 298 g/mol. The van der Waals surface area contributed by atoms with E-state index in [4.69, 9.17) is 28.3 Å². The van der Waals surface area contributed by atoms with Gasteiger partial charge in [-0.15, -0.1) is 23.2 Å². The molecule has 0 aliphatic rings. The van der Waals surface area contributed by atoms with E-state index >= 15 is 0 Å². The summed E-state index contributed by atoms with van der Waals surface area (Å²) >= 11 is 10.7. The SMILES string of the molecule is CCCCC(C(=O)O)N(NC(=O)CCl)C(=O)CCl. The lowest BCUT2D eigenvalue weighted by atomic mass is 10.1. The summed E-state index contributed by atoms with van der Waals surface area (Å²) in [5.41, 5.74) is 2.16. The molecular formula is C10H16Cl2N2O4. The first-order valence-electron chi connectivity index (χ1n) is 5.44. The molecule has 0 aliphatic heterocycles. The van der Waals surface area contributed by atoms with Gasteiger partial charge in [0.25, 0.3) is 11.8 Å². The van der Waals surface area contributed by atoms with Crippen LogP contribution in [-0.4, -0.2) is 45.7 Å². The number of aliphatic carboxylic acids is 1. The number of nitrogens with zero attached hydrogens (tertiary/aromatic N) is 1. The highest BCUT2D eigenvalue weighted by atomic mass is 35.5. The van der Waals surface area contributed by atoms with E-state index in [1.54, 1.807) is 0 Å². The minimum atomic E-state index is -1.20. The highest BCUT2D eigenvalue weighted by molar-refractivity contribution is 6.28. The van der Waals surface area contributed by atoms with E-state index in [1.165, 1.54) is 0 Å². The average Bonchev–Trinajstić information content (AvgIpc) is 2.36. The predicted molar refractivity (Wildman–Crippen MR) is 67.4 cm³/mol. The fourth-order valence-corrected chi connectivity index (χ4v) is 1.49. The van der Waals surface area contributed by atoms with E-state index in [-0.39, 0.29) is 12.3 Å². The number of unbranched alkanes of at least 4 members (excludes halogenated alkanes) is 1. The summed E-state index contributed by atoms with van der Waals surface area (Å²) in [4.78, 5) is 33.8. The van der Waals surface area contributed by atoms with Gasteiger partial charge in [0.1, 0.15) is 11.8 Å². The van der Waals surface area contributed by atoms with Crippen molar-refractivity contribution in [3.63, 3.8) is 0 Å². The first-order chi connectivity index (χ1) is 8.47. The average molecular weight is 299 g/mol. The molecule has 2 N–H and O–H groups in total. The molecule has 8 heteroatoms. The minimum Gasteiger partial charge on any atom is -0.480 e. The van der Waals surface area contributed by atoms with Gasteiger partial charge in [0.2, 0.25) is 0 Å². The van der Waals surface area contributed by atoms with Crippen molar-refractivity contribution in [2.24, 2.45) is 0 Å². The molecule has 0 spiro atoms. The third kappa shape index (κ3) is 5.55. The van der Waals surface area contributed by atoms with E-state index in [0.717, 1.165) is 11.4 Å². The Morgan fingerprint density at radius 1 is 1.28 bits per heavy atom. The number of nitrogens with one attached hydrogen (secondary N) is 1. The molecule has 0 radical (unpaired) electrons. The van der Waals surface area contributed by atoms with Crippen molar-refractivity contribution in [3.8, 4) is 0 Å². The molecule has 0 rings (SSSR count). The first-order valence-corrected chi connectivity index (χ1v) is 6.51. The number of alkyl halides is 2. The fourth-order valence-electron chi connectivity index (χ4n) is 1.30. The van der Waals surface area contributed by atoms with Gasteiger partial charge in [-0.1, -0.05) is 19.8 Å². The van der Waals surface area contributed by atoms with Crippen LogP contribution in [0.3, 0.4) is 0 Å². The normalized spacial score (nSPS) is 11.7. The van der Waals surface area contributed by atoms with E-state index < -0.39 is 29.7 Å². The Hall–Kier alpha value is -1.01. The molecule has 0 saturated heterocycles. The minimum absolute atomic E-state index is 0.233. The number of hydrogen-bond acceptors (Lipinski definition) is 3. The van der Waals surface area contributed by atoms with Crippen molar-refractivity contribution in [1.82, 2.24) is 10.4 Å². The molecular weight excluding hydrogens is 283 g/mol. The standard InChI is InChI=1S/C10H16Cl2N2O4/c1-2-3-4-7(10(17)18)14(9(16)6-12)13-8(15)5-11/h7H,2-6H2,1H3,(H,13,15)(H,17,18). The summed E-state index contributed by atoms with van der Waals surface area (Å²) in [6.07, 6.45) is 1.62. The molecule has 0 aromatic heterocycles. The lowest BCUT2D eigenvalue weighted by Crippen LogP contribution is -2.55. The second-order valence-corrected chi connectivity index (χ2v) is 4.10. The van der Waals surface area contributed by atoms with Crippen LogP contribution in [0, 0.1) is 0 Å². The topological polar surface area (TPSA) is 86.7 Å². The largest absolute Gasteiger partial charge is 0.480 e. The third-order valence-corrected chi connectivity index (χ3v) is 2.65. The number of carbonyl (C=O) groups is 3. The third-order valence-electron chi connectivity index (χ3n) is 2.18. The second-order valence-electron chi connectivity index (χ2n) is 3.56. The number of hydrazine groups is 1. The van der Waals surface area contributed by atoms with Gasteiger partial charge in [-0.05, 0) is 6.42 Å². The summed E-state index contributed by atoms with van der Waals surface area (Å²) in [6, 6.07) is -1.14. The lowest BCUT2D eigenvalue weighted by molar-refractivity contribution is -0.154. The molecule has 0 fully saturated rings. The molecule has 6 nitrogen and oxygen atoms in total. The molecule has 2 amide bonds. The summed E-state index contributed by atoms with van der Waals surface area (Å²) in [5.74, 6) is -3.32. The highest BCUT2D eigenvalue weighted by Gasteiger charge is 2.30. The van der Waals surface area contributed by atoms with Crippen molar-refractivity contribution in [1.29, 1.82) is 0 Å². The Labute approximate surface area is 115 Å². The van der Waals surface area contributed by atoms with Crippen LogP contribution in [0.1, 0.15) is 26.2 Å². The highest BCUT2D eigenvalue weighted by Crippen LogP contribution is 2.09. The van der Waals surface area contributed by atoms with E-state index in [1.807, 2.05) is 6.92 Å². The molecule has 18 heavy (non-hydrogen) atoms. The molecule has 0 saturated carbocycles. The Morgan fingerprint density at radius 2 is 1.89 bits per heavy atom. The Kier molecular flexibility index (Phi) is 8.49. The van der Waals surface area contributed by atoms with Crippen LogP contribution in [0.15, 0.2) is 0 Å². The smallest absolute Gasteiger partial charge is 0.328 e. The zero-order valence-electron chi connectivity index (χ0n) is 9.99. The van der Waals surface area contributed by atoms with Crippen molar-refractivity contribution in [2.75, 3.05) is 11.8 Å². The van der Waals surface area contributed by atoms with Crippen LogP contribution in [0.25, 0.3) is 0 Å². The Morgan fingerprint density at radius 3 is 2.28 bits per heavy atom. The van der Waals surface area contributed by atoms with Crippen LogP contribution < -0.4 is 5.43 Å². The van der Waals surface area contributed by atoms with Gasteiger partial charge in [-0.25, -0.2) is 9.80 Å². The molecule has 1 atom stereocenters. The van der Waals surface area contributed by atoms with Crippen LogP contribution in [0.2, 0.25) is 0 Å². The van der Waals surface area contributed by atoms with Crippen LogP contribution in [0.5, 0.6) is 0 Å². The van der Waals surface area contributed by atoms with Crippen LogP contribution in [-0.2, 0) is 14.4 Å². The van der Waals surface area contributed by atoms with Crippen molar-refractivity contribution in [2.45, 2.75) is 32.2 Å². The Bertz CT molecular complexity index is 312. The second kappa shape index (κ2) is 8.99. The van der Waals surface area contributed by atoms with Crippen LogP contribution >= 0.6 is 23.2 Å². The van der Waals surface area contributed by atoms with E-state index in [2.05, 4.69) is 5.43 Å². The molecule has 1 unspecified atom stereocenters. The number of rotatable bonds is 7. The number of carboxylic acid groups (broad SMARTS) is 1. The summed E-state index contributed by atoms with van der Waals surface area (Å²) in [6.45, 7) is 1.89. The van der Waals surface area contributed by atoms with E-state index in [9.17, 15) is 14.4 Å². The van der Waals surface area contributed by atoms with Gasteiger partial charge >= 0.3 is 5.97 Å². The van der Waals surface area contributed by atoms with Gasteiger partial charge in [-0.3, -0.25) is 15.0 Å². The predicted octanol–water partition coefficient (Wildman–Crippen LogP) is 0.967. The van der Waals surface area contributed by atoms with Gasteiger partial charge < -0.3 is 5.11 Å². The number of amides is 2. The first kappa shape index (κ1) is 17.0. The molecule has 0 aromatic carbocycles. The number of hydrogen-bond donors (Lipinski definition) is 2. The maximum atomic E-state index is 11.5. The maximum absolute atomic E-state index is 11.5. The summed E-state index contributed by atoms with van der Waals surface area (Å²) < 4.78 is 0. The quantitative estimate of drug-likeness (QED) is 0.541. The molecule has 0 aliphatic carbocycles. The summed E-state index contributed by atoms with van der Waals surface area (Å²) in [7, 11) is 0. The fraction of sp³-hybridized carbons (Fsp3) is 0.700. The van der Waals surface area contributed by atoms with Crippen molar-refractivity contribution in [3.05, 3.63) is 0 Å². The maximum Gasteiger partial charge on any atom is 0.328 e. The van der Waals surface area contributed by atoms with Crippen molar-refractivity contribution >= 4 is 41.0 Å². The number of carboxylic acids is 1. The number of carbonyl (C=O) groups excluding carboxylic acids is 2. The van der Waals surface area contributed by atoms with E-state index in [0.29, 0.717) is 6.42 Å². The van der Waals surface area contributed by atoms with Crippen LogP contribution in [0.4, 0.5) is 0 Å². The molecule has 0 bridgehead atoms. The lowest BCUT2D eigenvalue weighted by Gasteiger charge is -2.28. The zero-order chi connectivity index (χ0) is 14.1. The van der Waals surface area contributed by atoms with Gasteiger partial charge in [0.05, 0.1) is 0 Å². The molecule has 0 heterocycles. The molecule has 104 valence electrons. The molecule has 0 aromatic rings. The van der Waals surface area contributed by atoms with Gasteiger partial charge in [-0.2, -0.15) is 0 Å². The Balaban J connectivity index is 4.91. The zero-order valence-corrected chi connectivity index (χ0v) is 11.5. The van der Waals surface area contributed by atoms with Gasteiger partial charge in [0.15, 0.2) is 6.04 Å². The van der Waals surface area contributed by atoms with Crippen molar-refractivity contribution < 1.29 is 19.5 Å². The van der Waals surface area contributed by atoms with Gasteiger partial charge in [0, 0.05) is 0 Å². The summed E-state index contributed by atoms with van der Waals surface area (Å²) in [5, 5.41) is 9.82.